The van der Waals surface area contributed by atoms with Crippen LogP contribution in [0.2, 0.25) is 0 Å². The topological polar surface area (TPSA) is 111 Å². The number of benzene rings is 1. The first-order valence-corrected chi connectivity index (χ1v) is 7.86. The van der Waals surface area contributed by atoms with E-state index in [1.165, 1.54) is 31.5 Å². The van der Waals surface area contributed by atoms with Crippen molar-refractivity contribution in [3.05, 3.63) is 48.8 Å². The second-order valence-corrected chi connectivity index (χ2v) is 6.44. The molecule has 0 aliphatic carbocycles. The van der Waals surface area contributed by atoms with E-state index in [9.17, 15) is 18.0 Å². The van der Waals surface area contributed by atoms with Gasteiger partial charge in [-0.25, -0.2) is 12.4 Å². The molecular weight excluding hydrogens is 306 g/mol. The number of para-hydroxylation sites is 1. The fraction of sp³-hybridized carbons (Fsp3) is 0.143. The Balaban J connectivity index is 2.40. The number of nitrogens with two attached hydrogens (primary N) is 1. The molecule has 7 nitrogen and oxygen atoms in total. The normalized spacial score (nSPS) is 12.6. The molecule has 8 heteroatoms. The van der Waals surface area contributed by atoms with Crippen LogP contribution in [0.15, 0.2) is 53.7 Å². The number of hydrogen-bond donors (Lipinski definition) is 2. The Bertz CT molecular complexity index is 797. The van der Waals surface area contributed by atoms with E-state index < -0.39 is 27.8 Å². The maximum atomic E-state index is 12.5. The lowest BCUT2D eigenvalue weighted by molar-refractivity contribution is -0.129. The molecule has 0 radical (unpaired) electrons. The van der Waals surface area contributed by atoms with E-state index in [2.05, 4.69) is 5.32 Å². The van der Waals surface area contributed by atoms with Crippen LogP contribution in [0, 0.1) is 5.92 Å². The summed E-state index contributed by atoms with van der Waals surface area (Å²) >= 11 is 0. The van der Waals surface area contributed by atoms with Crippen molar-refractivity contribution < 1.29 is 18.0 Å². The van der Waals surface area contributed by atoms with E-state index in [0.29, 0.717) is 0 Å². The van der Waals surface area contributed by atoms with Gasteiger partial charge in [0.25, 0.3) is 10.0 Å². The minimum absolute atomic E-state index is 0.0729. The van der Waals surface area contributed by atoms with Gasteiger partial charge in [0.1, 0.15) is 10.8 Å². The summed E-state index contributed by atoms with van der Waals surface area (Å²) in [6.45, 7) is 1.35. The number of carbonyl (C=O) groups is 2. The average Bonchev–Trinajstić information content (AvgIpc) is 3.01. The van der Waals surface area contributed by atoms with Gasteiger partial charge in [-0.3, -0.25) is 9.59 Å². The molecule has 0 bridgehead atoms. The van der Waals surface area contributed by atoms with Gasteiger partial charge in [-0.05, 0) is 31.2 Å². The zero-order chi connectivity index (χ0) is 16.3. The standard InChI is InChI=1S/C14H15N3O4S/c1-10(13(15)18)14(19)16-11-6-2-3-7-12(11)22(20,21)17-8-4-5-9-17/h2-10H,1H3,(H2,15,18)(H,16,19). The number of anilines is 1. The van der Waals surface area contributed by atoms with Crippen LogP contribution in [-0.4, -0.2) is 24.2 Å². The van der Waals surface area contributed by atoms with Gasteiger partial charge in [-0.1, -0.05) is 12.1 Å². The molecule has 0 spiro atoms. The third kappa shape index (κ3) is 3.01. The maximum absolute atomic E-state index is 12.5. The molecule has 3 N–H and O–H groups in total. The molecule has 1 heterocycles. The molecule has 2 rings (SSSR count). The quantitative estimate of drug-likeness (QED) is 0.793. The smallest absolute Gasteiger partial charge is 0.269 e. The van der Waals surface area contributed by atoms with Gasteiger partial charge in [0, 0.05) is 12.4 Å². The highest BCUT2D eigenvalue weighted by Crippen LogP contribution is 2.23. The van der Waals surface area contributed by atoms with E-state index in [-0.39, 0.29) is 10.6 Å². The van der Waals surface area contributed by atoms with E-state index in [4.69, 9.17) is 5.73 Å². The van der Waals surface area contributed by atoms with Gasteiger partial charge in [0.15, 0.2) is 0 Å². The average molecular weight is 321 g/mol. The molecule has 22 heavy (non-hydrogen) atoms. The highest BCUT2D eigenvalue weighted by molar-refractivity contribution is 7.90. The summed E-state index contributed by atoms with van der Waals surface area (Å²) in [6.07, 6.45) is 2.78. The van der Waals surface area contributed by atoms with Crippen molar-refractivity contribution in [2.24, 2.45) is 11.7 Å². The van der Waals surface area contributed by atoms with Crippen LogP contribution < -0.4 is 11.1 Å². The van der Waals surface area contributed by atoms with Crippen molar-refractivity contribution in [2.45, 2.75) is 11.8 Å². The number of rotatable bonds is 5. The van der Waals surface area contributed by atoms with Gasteiger partial charge < -0.3 is 11.1 Å². The molecule has 2 amide bonds. The van der Waals surface area contributed by atoms with Gasteiger partial charge in [0.05, 0.1) is 5.69 Å². The minimum Gasteiger partial charge on any atom is -0.369 e. The molecular formula is C14H15N3O4S. The van der Waals surface area contributed by atoms with Crippen molar-refractivity contribution in [1.29, 1.82) is 0 Å². The SMILES string of the molecule is CC(C(N)=O)C(=O)Nc1ccccc1S(=O)(=O)n1cccc1. The minimum atomic E-state index is -3.83. The Morgan fingerprint density at radius 3 is 2.32 bits per heavy atom. The Labute approximate surface area is 127 Å². The van der Waals surface area contributed by atoms with Crippen LogP contribution in [-0.2, 0) is 19.6 Å². The summed E-state index contributed by atoms with van der Waals surface area (Å²) in [6, 6.07) is 9.10. The van der Waals surface area contributed by atoms with Gasteiger partial charge >= 0.3 is 0 Å². The molecule has 1 atom stereocenters. The molecule has 116 valence electrons. The number of hydrogen-bond acceptors (Lipinski definition) is 4. The molecule has 1 aromatic heterocycles. The van der Waals surface area contributed by atoms with Crippen LogP contribution in [0.4, 0.5) is 5.69 Å². The highest BCUT2D eigenvalue weighted by atomic mass is 32.2. The fourth-order valence-electron chi connectivity index (χ4n) is 1.76. The summed E-state index contributed by atoms with van der Waals surface area (Å²) < 4.78 is 26.1. The second kappa shape index (κ2) is 6.02. The Kier molecular flexibility index (Phi) is 4.32. The number of nitrogens with one attached hydrogen (secondary N) is 1. The summed E-state index contributed by atoms with van der Waals surface area (Å²) in [5.74, 6) is -2.52. The lowest BCUT2D eigenvalue weighted by atomic mass is 10.1. The third-order valence-corrected chi connectivity index (χ3v) is 4.81. The van der Waals surface area contributed by atoms with Crippen molar-refractivity contribution in [3.63, 3.8) is 0 Å². The molecule has 0 saturated heterocycles. The number of nitrogens with zero attached hydrogens (tertiary/aromatic N) is 1. The summed E-state index contributed by atoms with van der Waals surface area (Å²) in [4.78, 5) is 22.9. The summed E-state index contributed by atoms with van der Waals surface area (Å²) in [7, 11) is -3.83. The highest BCUT2D eigenvalue weighted by Gasteiger charge is 2.24. The zero-order valence-corrected chi connectivity index (χ0v) is 12.6. The second-order valence-electron chi connectivity index (χ2n) is 4.63. The van der Waals surface area contributed by atoms with Crippen molar-refractivity contribution in [3.8, 4) is 0 Å². The van der Waals surface area contributed by atoms with E-state index >= 15 is 0 Å². The zero-order valence-electron chi connectivity index (χ0n) is 11.8. The van der Waals surface area contributed by atoms with Crippen molar-refractivity contribution in [2.75, 3.05) is 5.32 Å². The molecule has 0 aliphatic rings. The Hall–Kier alpha value is -2.61. The third-order valence-electron chi connectivity index (χ3n) is 3.10. The Morgan fingerprint density at radius 1 is 1.14 bits per heavy atom. The molecule has 2 aromatic rings. The van der Waals surface area contributed by atoms with Crippen molar-refractivity contribution in [1.82, 2.24) is 3.97 Å². The molecule has 0 aliphatic heterocycles. The first kappa shape index (κ1) is 15.8. The largest absolute Gasteiger partial charge is 0.369 e. The lowest BCUT2D eigenvalue weighted by Gasteiger charge is -2.14. The van der Waals surface area contributed by atoms with Crippen molar-refractivity contribution >= 4 is 27.5 Å². The van der Waals surface area contributed by atoms with Crippen LogP contribution >= 0.6 is 0 Å². The van der Waals surface area contributed by atoms with E-state index in [1.807, 2.05) is 0 Å². The summed E-state index contributed by atoms with van der Waals surface area (Å²) in [5.41, 5.74) is 5.16. The van der Waals surface area contributed by atoms with Gasteiger partial charge in [-0.2, -0.15) is 0 Å². The molecule has 1 aromatic carbocycles. The predicted octanol–water partition coefficient (Wildman–Crippen LogP) is 0.785. The molecule has 1 unspecified atom stereocenters. The maximum Gasteiger partial charge on any atom is 0.269 e. The molecule has 0 fully saturated rings. The first-order chi connectivity index (χ1) is 10.3. The van der Waals surface area contributed by atoms with Gasteiger partial charge in [0.2, 0.25) is 11.8 Å². The fourth-order valence-corrected chi connectivity index (χ4v) is 3.09. The number of aromatic nitrogens is 1. The van der Waals surface area contributed by atoms with Gasteiger partial charge in [-0.15, -0.1) is 0 Å². The van der Waals surface area contributed by atoms with Crippen LogP contribution in [0.25, 0.3) is 0 Å². The lowest BCUT2D eigenvalue weighted by Crippen LogP contribution is -2.32. The number of amides is 2. The molecule has 0 saturated carbocycles. The predicted molar refractivity (Wildman–Crippen MR) is 80.4 cm³/mol. The van der Waals surface area contributed by atoms with Crippen LogP contribution in [0.1, 0.15) is 6.92 Å². The first-order valence-electron chi connectivity index (χ1n) is 6.42. The number of primary amides is 1. The van der Waals surface area contributed by atoms with E-state index in [1.54, 1.807) is 24.3 Å². The number of carbonyl (C=O) groups excluding carboxylic acids is 2. The van der Waals surface area contributed by atoms with Crippen LogP contribution in [0.5, 0.6) is 0 Å². The monoisotopic (exact) mass is 321 g/mol. The van der Waals surface area contributed by atoms with E-state index in [0.717, 1.165) is 3.97 Å². The summed E-state index contributed by atoms with van der Waals surface area (Å²) in [5, 5.41) is 2.43. The Morgan fingerprint density at radius 2 is 1.73 bits per heavy atom. The van der Waals surface area contributed by atoms with Crippen LogP contribution in [0.3, 0.4) is 0 Å².